The third-order valence-corrected chi connectivity index (χ3v) is 9.48. The van der Waals surface area contributed by atoms with Gasteiger partial charge in [0.05, 0.1) is 18.5 Å². The molecule has 2 heterocycles. The van der Waals surface area contributed by atoms with Gasteiger partial charge in [0.2, 0.25) is 5.91 Å². The summed E-state index contributed by atoms with van der Waals surface area (Å²) in [4.78, 5) is 50.1. The van der Waals surface area contributed by atoms with Gasteiger partial charge in [-0.3, -0.25) is 29.3 Å². The van der Waals surface area contributed by atoms with E-state index in [-0.39, 0.29) is 16.8 Å². The summed E-state index contributed by atoms with van der Waals surface area (Å²) in [5, 5.41) is 8.31. The van der Waals surface area contributed by atoms with E-state index in [1.54, 1.807) is 6.92 Å². The Hall–Kier alpha value is -2.51. The van der Waals surface area contributed by atoms with Gasteiger partial charge >= 0.3 is 17.9 Å². The molecule has 1 unspecified atom stereocenters. The van der Waals surface area contributed by atoms with Crippen molar-refractivity contribution in [3.63, 3.8) is 0 Å². The summed E-state index contributed by atoms with van der Waals surface area (Å²) in [6, 6.07) is 9.18. The van der Waals surface area contributed by atoms with Crippen LogP contribution in [0.4, 0.5) is 0 Å². The van der Waals surface area contributed by atoms with Gasteiger partial charge in [0.1, 0.15) is 0 Å². The van der Waals surface area contributed by atoms with E-state index < -0.39 is 55.0 Å². The predicted molar refractivity (Wildman–Crippen MR) is 143 cm³/mol. The number of benzene rings is 1. The van der Waals surface area contributed by atoms with Crippen LogP contribution in [0.3, 0.4) is 0 Å². The van der Waals surface area contributed by atoms with Gasteiger partial charge in [0.15, 0.2) is 36.1 Å². The number of hydrogen-bond acceptors (Lipinski definition) is 12. The average Bonchev–Trinajstić information content (AvgIpc) is 3.21. The van der Waals surface area contributed by atoms with Crippen LogP contribution >= 0.6 is 18.2 Å². The van der Waals surface area contributed by atoms with Crippen molar-refractivity contribution in [2.24, 2.45) is 5.10 Å². The van der Waals surface area contributed by atoms with Crippen molar-refractivity contribution in [3.05, 3.63) is 30.3 Å². The first-order valence-corrected chi connectivity index (χ1v) is 15.4. The molecule has 0 bridgehead atoms. The second-order valence-electron chi connectivity index (χ2n) is 8.31. The van der Waals surface area contributed by atoms with E-state index in [1.165, 1.54) is 18.7 Å². The van der Waals surface area contributed by atoms with Gasteiger partial charge in [-0.2, -0.15) is 0 Å². The zero-order valence-corrected chi connectivity index (χ0v) is 24.0. The highest BCUT2D eigenvalue weighted by atomic mass is 32.4. The molecule has 2 aliphatic heterocycles. The molecule has 0 saturated carbocycles. The van der Waals surface area contributed by atoms with Crippen molar-refractivity contribution in [3.8, 4) is 0 Å². The molecule has 0 spiro atoms. The smallest absolute Gasteiger partial charge is 0.303 e. The van der Waals surface area contributed by atoms with Crippen LogP contribution in [0, 0.1) is 0 Å². The second kappa shape index (κ2) is 13.0. The molecule has 0 aromatic heterocycles. The Labute approximate surface area is 229 Å². The van der Waals surface area contributed by atoms with Gasteiger partial charge in [-0.1, -0.05) is 30.0 Å². The molecule has 2 aliphatic rings. The van der Waals surface area contributed by atoms with Gasteiger partial charge in [-0.15, -0.1) is 5.10 Å². The maximum Gasteiger partial charge on any atom is 0.303 e. The van der Waals surface area contributed by atoms with Gasteiger partial charge in [-0.25, -0.2) is 0 Å². The van der Waals surface area contributed by atoms with Crippen LogP contribution < -0.4 is 10.5 Å². The van der Waals surface area contributed by atoms with Crippen molar-refractivity contribution in [2.75, 3.05) is 12.4 Å². The largest absolute Gasteiger partial charge is 0.456 e. The van der Waals surface area contributed by atoms with Crippen molar-refractivity contribution >= 4 is 64.3 Å². The van der Waals surface area contributed by atoms with E-state index in [4.69, 9.17) is 35.3 Å². The van der Waals surface area contributed by atoms with E-state index in [1.807, 2.05) is 37.3 Å². The van der Waals surface area contributed by atoms with Gasteiger partial charge in [0, 0.05) is 26.1 Å². The van der Waals surface area contributed by atoms with Crippen molar-refractivity contribution in [2.45, 2.75) is 65.3 Å². The molecule has 208 valence electrons. The normalized spacial score (nSPS) is 27.9. The lowest BCUT2D eigenvalue weighted by molar-refractivity contribution is -0.260. The molecule has 6 atom stereocenters. The SMILES string of the molecule is CCOP(=S)(N/N=C1/SCC(=O)N1[C@@H]1O[C@H](C)[C@@H](OC(C)=O)[C@H](OC(C)=O)[C@H]1OC(C)=O)c1ccccc1. The molecule has 1 aromatic carbocycles. The lowest BCUT2D eigenvalue weighted by Gasteiger charge is -2.45. The number of amidine groups is 1. The van der Waals surface area contributed by atoms with E-state index in [0.717, 1.165) is 24.0 Å². The first kappa shape index (κ1) is 30.0. The maximum absolute atomic E-state index is 13.1. The minimum Gasteiger partial charge on any atom is -0.456 e. The summed E-state index contributed by atoms with van der Waals surface area (Å²) in [7, 11) is 0. The Balaban J connectivity index is 2.00. The van der Waals surface area contributed by atoms with Crippen molar-refractivity contribution in [1.29, 1.82) is 0 Å². The average molecular weight is 588 g/mol. The van der Waals surface area contributed by atoms with Crippen LogP contribution in [0.15, 0.2) is 35.4 Å². The number of nitrogens with zero attached hydrogens (tertiary/aromatic N) is 2. The second-order valence-corrected chi connectivity index (χ2v) is 12.9. The molecule has 15 heteroatoms. The number of amides is 1. The lowest BCUT2D eigenvalue weighted by atomic mass is 9.97. The fourth-order valence-electron chi connectivity index (χ4n) is 3.98. The molecular formula is C23H30N3O9PS2. The maximum atomic E-state index is 13.1. The number of hydrazone groups is 1. The Morgan fingerprint density at radius 1 is 1.08 bits per heavy atom. The molecule has 1 amide bonds. The summed E-state index contributed by atoms with van der Waals surface area (Å²) in [5.41, 5.74) is 0. The molecule has 3 rings (SSSR count). The lowest BCUT2D eigenvalue weighted by Crippen LogP contribution is -2.65. The summed E-state index contributed by atoms with van der Waals surface area (Å²) < 4.78 is 28.2. The van der Waals surface area contributed by atoms with Gasteiger partial charge in [-0.05, 0) is 37.8 Å². The van der Waals surface area contributed by atoms with Crippen LogP contribution in [-0.4, -0.2) is 76.9 Å². The third-order valence-electron chi connectivity index (χ3n) is 5.39. The van der Waals surface area contributed by atoms with Crippen LogP contribution in [0.5, 0.6) is 0 Å². The van der Waals surface area contributed by atoms with Gasteiger partial charge in [0.25, 0.3) is 0 Å². The van der Waals surface area contributed by atoms with E-state index in [9.17, 15) is 19.2 Å². The molecular weight excluding hydrogens is 557 g/mol. The zero-order chi connectivity index (χ0) is 28.0. The highest BCUT2D eigenvalue weighted by Gasteiger charge is 2.55. The van der Waals surface area contributed by atoms with Crippen molar-refractivity contribution in [1.82, 2.24) is 10.1 Å². The highest BCUT2D eigenvalue weighted by Crippen LogP contribution is 2.42. The number of carbonyl (C=O) groups is 4. The number of ether oxygens (including phenoxy) is 4. The summed E-state index contributed by atoms with van der Waals surface area (Å²) >= 11 is 6.92. The topological polar surface area (TPSA) is 142 Å². The number of nitrogens with one attached hydrogen (secondary N) is 1. The fraction of sp³-hybridized carbons (Fsp3) is 0.522. The van der Waals surface area contributed by atoms with Crippen LogP contribution in [0.2, 0.25) is 0 Å². The molecule has 12 nitrogen and oxygen atoms in total. The number of carbonyl (C=O) groups excluding carboxylic acids is 4. The first-order valence-electron chi connectivity index (χ1n) is 11.7. The third kappa shape index (κ3) is 7.11. The Morgan fingerprint density at radius 3 is 2.24 bits per heavy atom. The van der Waals surface area contributed by atoms with E-state index >= 15 is 0 Å². The van der Waals surface area contributed by atoms with Gasteiger partial charge < -0.3 is 23.5 Å². The van der Waals surface area contributed by atoms with Crippen LogP contribution in [0.1, 0.15) is 34.6 Å². The number of rotatable bonds is 9. The highest BCUT2D eigenvalue weighted by molar-refractivity contribution is 8.15. The zero-order valence-electron chi connectivity index (χ0n) is 21.5. The molecule has 38 heavy (non-hydrogen) atoms. The first-order chi connectivity index (χ1) is 18.0. The molecule has 0 radical (unpaired) electrons. The minimum atomic E-state index is -2.83. The van der Waals surface area contributed by atoms with E-state index in [0.29, 0.717) is 6.61 Å². The molecule has 1 N–H and O–H groups in total. The molecule has 0 aliphatic carbocycles. The fourth-order valence-corrected chi connectivity index (χ4v) is 7.18. The number of esters is 3. The van der Waals surface area contributed by atoms with E-state index in [2.05, 4.69) is 10.3 Å². The van der Waals surface area contributed by atoms with Crippen LogP contribution in [-0.2, 0) is 54.5 Å². The summed E-state index contributed by atoms with van der Waals surface area (Å²) in [6.07, 6.45) is -8.58. The standard InChI is InChI=1S/C23H30N3O9PS2/c1-6-31-36(37,17-10-8-7-9-11-17)25-24-23-26(18(30)12-38-23)22-21(35-16(5)29)20(34-15(4)28)19(13(2)32-22)33-14(3)27/h7-11,13,19-22H,6,12H2,1-5H3,(H,25,37)/b24-23+/t13-,19-,20+,21-,22-,36?/m1/s1. The predicted octanol–water partition coefficient (Wildman–Crippen LogP) is 1.63. The summed E-state index contributed by atoms with van der Waals surface area (Å²) in [6.45, 7) is 7.26. The number of hydrogen-bond donors (Lipinski definition) is 1. The Morgan fingerprint density at radius 2 is 1.66 bits per heavy atom. The molecule has 2 saturated heterocycles. The minimum absolute atomic E-state index is 0.0238. The molecule has 2 fully saturated rings. The quantitative estimate of drug-likeness (QED) is 0.194. The number of thioether (sulfide) groups is 1. The monoisotopic (exact) mass is 587 g/mol. The Bertz CT molecular complexity index is 1140. The van der Waals surface area contributed by atoms with Crippen molar-refractivity contribution < 1.29 is 42.6 Å². The Kier molecular flexibility index (Phi) is 10.3. The summed E-state index contributed by atoms with van der Waals surface area (Å²) in [5.74, 6) is -2.43. The molecule has 1 aromatic rings. The van der Waals surface area contributed by atoms with Crippen LogP contribution in [0.25, 0.3) is 0 Å².